The van der Waals surface area contributed by atoms with E-state index in [2.05, 4.69) is 43.9 Å². The molecule has 0 radical (unpaired) electrons. The van der Waals surface area contributed by atoms with E-state index in [-0.39, 0.29) is 0 Å². The first-order chi connectivity index (χ1) is 8.08. The van der Waals surface area contributed by atoms with Crippen molar-refractivity contribution in [2.24, 2.45) is 5.92 Å². The van der Waals surface area contributed by atoms with Crippen LogP contribution in [-0.2, 0) is 0 Å². The fourth-order valence-corrected chi connectivity index (χ4v) is 2.22. The van der Waals surface area contributed by atoms with Gasteiger partial charge in [-0.05, 0) is 49.8 Å². The molecule has 94 valence electrons. The molecule has 0 atom stereocenters. The molecule has 2 heteroatoms. The molecule has 0 aliphatic heterocycles. The molecule has 0 unspecified atom stereocenters. The normalized spacial score (nSPS) is 15.3. The van der Waals surface area contributed by atoms with Gasteiger partial charge in [-0.15, -0.1) is 0 Å². The Hall–Kier alpha value is -1.18. The Balaban J connectivity index is 2.14. The number of rotatable bonds is 5. The van der Waals surface area contributed by atoms with Crippen molar-refractivity contribution in [3.8, 4) is 0 Å². The Labute approximate surface area is 105 Å². The summed E-state index contributed by atoms with van der Waals surface area (Å²) in [5.74, 6) is 0.753. The maximum atomic E-state index is 6.15. The largest absolute Gasteiger partial charge is 0.397 e. The SMILES string of the molecule is Cc1ccc(N(CCC(C)C)C2CC2)c(N)c1. The molecule has 0 heterocycles. The average Bonchev–Trinajstić information content (AvgIpc) is 3.04. The zero-order valence-electron chi connectivity index (χ0n) is 11.2. The minimum absolute atomic E-state index is 0.735. The number of nitrogens with two attached hydrogens (primary N) is 1. The number of hydrogen-bond acceptors (Lipinski definition) is 2. The summed E-state index contributed by atoms with van der Waals surface area (Å²) in [5, 5.41) is 0. The maximum absolute atomic E-state index is 6.15. The molecule has 0 saturated heterocycles. The second kappa shape index (κ2) is 4.99. The summed E-state index contributed by atoms with van der Waals surface area (Å²) in [6.45, 7) is 7.79. The molecule has 2 rings (SSSR count). The predicted octanol–water partition coefficient (Wildman–Crippen LogP) is 3.59. The summed E-state index contributed by atoms with van der Waals surface area (Å²) in [5.41, 5.74) is 9.56. The second-order valence-electron chi connectivity index (χ2n) is 5.67. The third-order valence-corrected chi connectivity index (χ3v) is 3.43. The average molecular weight is 232 g/mol. The van der Waals surface area contributed by atoms with Gasteiger partial charge >= 0.3 is 0 Å². The van der Waals surface area contributed by atoms with Gasteiger partial charge < -0.3 is 10.6 Å². The summed E-state index contributed by atoms with van der Waals surface area (Å²) in [7, 11) is 0. The molecular formula is C15H24N2. The van der Waals surface area contributed by atoms with Gasteiger partial charge in [-0.25, -0.2) is 0 Å². The highest BCUT2D eigenvalue weighted by atomic mass is 15.2. The van der Waals surface area contributed by atoms with E-state index in [1.165, 1.54) is 30.5 Å². The molecule has 1 aliphatic carbocycles. The van der Waals surface area contributed by atoms with Gasteiger partial charge in [0.25, 0.3) is 0 Å². The van der Waals surface area contributed by atoms with E-state index >= 15 is 0 Å². The minimum atomic E-state index is 0.735. The smallest absolute Gasteiger partial charge is 0.0602 e. The van der Waals surface area contributed by atoms with Crippen molar-refractivity contribution in [3.05, 3.63) is 23.8 Å². The van der Waals surface area contributed by atoms with Gasteiger partial charge in [0.2, 0.25) is 0 Å². The van der Waals surface area contributed by atoms with Crippen molar-refractivity contribution >= 4 is 11.4 Å². The van der Waals surface area contributed by atoms with Crippen molar-refractivity contribution in [2.45, 2.75) is 46.1 Å². The number of anilines is 2. The van der Waals surface area contributed by atoms with E-state index in [0.29, 0.717) is 0 Å². The molecule has 1 aromatic carbocycles. The highest BCUT2D eigenvalue weighted by Crippen LogP contribution is 2.35. The van der Waals surface area contributed by atoms with Crippen LogP contribution in [0.1, 0.15) is 38.7 Å². The van der Waals surface area contributed by atoms with E-state index in [4.69, 9.17) is 5.73 Å². The van der Waals surface area contributed by atoms with Crippen LogP contribution in [0, 0.1) is 12.8 Å². The van der Waals surface area contributed by atoms with Crippen LogP contribution in [0.3, 0.4) is 0 Å². The molecule has 1 aliphatic rings. The molecule has 2 nitrogen and oxygen atoms in total. The Morgan fingerprint density at radius 2 is 2.06 bits per heavy atom. The first-order valence-corrected chi connectivity index (χ1v) is 6.70. The van der Waals surface area contributed by atoms with Crippen LogP contribution in [0.2, 0.25) is 0 Å². The lowest BCUT2D eigenvalue weighted by atomic mass is 10.1. The molecule has 1 fully saturated rings. The molecule has 0 spiro atoms. The first kappa shape index (κ1) is 12.3. The number of aryl methyl sites for hydroxylation is 1. The van der Waals surface area contributed by atoms with Gasteiger partial charge in [0.1, 0.15) is 0 Å². The van der Waals surface area contributed by atoms with E-state index in [1.807, 2.05) is 0 Å². The third kappa shape index (κ3) is 3.15. The quantitative estimate of drug-likeness (QED) is 0.786. The zero-order chi connectivity index (χ0) is 12.4. The van der Waals surface area contributed by atoms with E-state index in [9.17, 15) is 0 Å². The van der Waals surface area contributed by atoms with Crippen LogP contribution in [0.4, 0.5) is 11.4 Å². The fourth-order valence-electron chi connectivity index (χ4n) is 2.22. The van der Waals surface area contributed by atoms with Crippen LogP contribution < -0.4 is 10.6 Å². The Kier molecular flexibility index (Phi) is 3.60. The van der Waals surface area contributed by atoms with Crippen LogP contribution in [0.5, 0.6) is 0 Å². The van der Waals surface area contributed by atoms with E-state index in [1.54, 1.807) is 0 Å². The van der Waals surface area contributed by atoms with Gasteiger partial charge in [0.05, 0.1) is 11.4 Å². The zero-order valence-corrected chi connectivity index (χ0v) is 11.2. The molecule has 17 heavy (non-hydrogen) atoms. The molecule has 0 aromatic heterocycles. The van der Waals surface area contributed by atoms with Crippen molar-refractivity contribution < 1.29 is 0 Å². The standard InChI is InChI=1S/C15H24N2/c1-11(2)8-9-17(13-5-6-13)15-7-4-12(3)10-14(15)16/h4,7,10-11,13H,5-6,8-9,16H2,1-3H3. The lowest BCUT2D eigenvalue weighted by molar-refractivity contribution is 0.571. The molecule has 2 N–H and O–H groups in total. The van der Waals surface area contributed by atoms with Crippen LogP contribution in [-0.4, -0.2) is 12.6 Å². The summed E-state index contributed by atoms with van der Waals surface area (Å²) in [6.07, 6.45) is 3.89. The fraction of sp³-hybridized carbons (Fsp3) is 0.600. The maximum Gasteiger partial charge on any atom is 0.0602 e. The van der Waals surface area contributed by atoms with Gasteiger partial charge in [0.15, 0.2) is 0 Å². The number of nitrogen functional groups attached to an aromatic ring is 1. The van der Waals surface area contributed by atoms with Gasteiger partial charge in [-0.3, -0.25) is 0 Å². The van der Waals surface area contributed by atoms with E-state index in [0.717, 1.165) is 24.2 Å². The first-order valence-electron chi connectivity index (χ1n) is 6.70. The lowest BCUT2D eigenvalue weighted by Gasteiger charge is -2.27. The topological polar surface area (TPSA) is 29.3 Å². The van der Waals surface area contributed by atoms with E-state index < -0.39 is 0 Å². The van der Waals surface area contributed by atoms with Crippen molar-refractivity contribution in [2.75, 3.05) is 17.2 Å². The van der Waals surface area contributed by atoms with Gasteiger partial charge in [-0.2, -0.15) is 0 Å². The molecule has 0 bridgehead atoms. The van der Waals surface area contributed by atoms with Crippen molar-refractivity contribution in [1.29, 1.82) is 0 Å². The molecule has 1 aromatic rings. The van der Waals surface area contributed by atoms with Crippen LogP contribution >= 0.6 is 0 Å². The number of nitrogens with zero attached hydrogens (tertiary/aromatic N) is 1. The number of benzene rings is 1. The monoisotopic (exact) mass is 232 g/mol. The Morgan fingerprint density at radius 3 is 2.59 bits per heavy atom. The van der Waals surface area contributed by atoms with Crippen molar-refractivity contribution in [3.63, 3.8) is 0 Å². The lowest BCUT2D eigenvalue weighted by Crippen LogP contribution is -2.28. The van der Waals surface area contributed by atoms with Gasteiger partial charge in [0, 0.05) is 12.6 Å². The molecule has 0 amide bonds. The molecular weight excluding hydrogens is 208 g/mol. The minimum Gasteiger partial charge on any atom is -0.397 e. The summed E-state index contributed by atoms with van der Waals surface area (Å²) < 4.78 is 0. The van der Waals surface area contributed by atoms with Crippen molar-refractivity contribution in [1.82, 2.24) is 0 Å². The Morgan fingerprint density at radius 1 is 1.35 bits per heavy atom. The summed E-state index contributed by atoms with van der Waals surface area (Å²) in [6, 6.07) is 7.17. The summed E-state index contributed by atoms with van der Waals surface area (Å²) in [4.78, 5) is 2.51. The second-order valence-corrected chi connectivity index (χ2v) is 5.67. The van der Waals surface area contributed by atoms with Crippen LogP contribution in [0.25, 0.3) is 0 Å². The predicted molar refractivity (Wildman–Crippen MR) is 75.4 cm³/mol. The third-order valence-electron chi connectivity index (χ3n) is 3.43. The van der Waals surface area contributed by atoms with Gasteiger partial charge in [-0.1, -0.05) is 19.9 Å². The highest BCUT2D eigenvalue weighted by molar-refractivity contribution is 5.69. The molecule has 1 saturated carbocycles. The number of hydrogen-bond donors (Lipinski definition) is 1. The van der Waals surface area contributed by atoms with Crippen LogP contribution in [0.15, 0.2) is 18.2 Å². The highest BCUT2D eigenvalue weighted by Gasteiger charge is 2.29. The summed E-state index contributed by atoms with van der Waals surface area (Å²) >= 11 is 0. The Bertz CT molecular complexity index is 381.